The van der Waals surface area contributed by atoms with Crippen molar-refractivity contribution in [1.29, 1.82) is 0 Å². The molecule has 0 bridgehead atoms. The first-order chi connectivity index (χ1) is 11.3. The van der Waals surface area contributed by atoms with E-state index in [4.69, 9.17) is 10.2 Å². The molecule has 23 heavy (non-hydrogen) atoms. The topological polar surface area (TPSA) is 64.1 Å². The van der Waals surface area contributed by atoms with Crippen LogP contribution in [-0.4, -0.2) is 18.1 Å². The molecular weight excluding hydrogens is 286 g/mol. The molecule has 1 aromatic heterocycles. The van der Waals surface area contributed by atoms with Crippen molar-refractivity contribution >= 4 is 17.1 Å². The monoisotopic (exact) mass is 317 g/mol. The fraction of sp³-hybridized carbons (Fsp3) is 0.632. The van der Waals surface area contributed by atoms with Crippen LogP contribution in [0, 0.1) is 0 Å². The van der Waals surface area contributed by atoms with Crippen molar-refractivity contribution in [3.63, 3.8) is 0 Å². The van der Waals surface area contributed by atoms with Gasteiger partial charge in [0.1, 0.15) is 5.52 Å². The van der Waals surface area contributed by atoms with Gasteiger partial charge in [-0.25, -0.2) is 0 Å². The van der Waals surface area contributed by atoms with E-state index in [2.05, 4.69) is 29.4 Å². The third kappa shape index (κ3) is 6.22. The van der Waals surface area contributed by atoms with Crippen molar-refractivity contribution in [2.45, 2.75) is 64.7 Å². The second kappa shape index (κ2) is 10.3. The highest BCUT2D eigenvalue weighted by atomic mass is 16.4. The van der Waals surface area contributed by atoms with E-state index in [9.17, 15) is 0 Å². The predicted molar refractivity (Wildman–Crippen MR) is 97.9 cm³/mol. The first kappa shape index (κ1) is 17.8. The van der Waals surface area contributed by atoms with Crippen LogP contribution < -0.4 is 11.1 Å². The van der Waals surface area contributed by atoms with Crippen LogP contribution in [0.25, 0.3) is 11.1 Å². The Hall–Kier alpha value is -1.55. The summed E-state index contributed by atoms with van der Waals surface area (Å²) in [5.74, 6) is 0. The molecule has 0 unspecified atom stereocenters. The molecule has 0 fully saturated rings. The van der Waals surface area contributed by atoms with Gasteiger partial charge in [0.25, 0.3) is 6.01 Å². The summed E-state index contributed by atoms with van der Waals surface area (Å²) in [7, 11) is 0. The summed E-state index contributed by atoms with van der Waals surface area (Å²) in [6, 6.07) is 6.90. The van der Waals surface area contributed by atoms with E-state index in [1.54, 1.807) is 0 Å². The van der Waals surface area contributed by atoms with Gasteiger partial charge >= 0.3 is 0 Å². The molecule has 0 saturated carbocycles. The van der Waals surface area contributed by atoms with E-state index in [1.807, 2.05) is 6.07 Å². The van der Waals surface area contributed by atoms with Crippen LogP contribution in [0.15, 0.2) is 22.6 Å². The molecule has 0 amide bonds. The number of nitrogens with two attached hydrogens (primary N) is 1. The number of hydrogen-bond acceptors (Lipinski definition) is 4. The van der Waals surface area contributed by atoms with Crippen molar-refractivity contribution in [2.24, 2.45) is 5.73 Å². The van der Waals surface area contributed by atoms with Gasteiger partial charge in [0.2, 0.25) is 0 Å². The van der Waals surface area contributed by atoms with Crippen LogP contribution in [0.4, 0.5) is 6.01 Å². The Labute approximate surface area is 139 Å². The molecule has 4 heteroatoms. The Bertz CT molecular complexity index is 565. The first-order valence-corrected chi connectivity index (χ1v) is 9.17. The molecule has 1 heterocycles. The SMILES string of the molecule is CCCCCCCCCCc1ccc2nc(NCCN)oc2c1. The third-order valence-electron chi connectivity index (χ3n) is 4.19. The van der Waals surface area contributed by atoms with E-state index >= 15 is 0 Å². The molecule has 0 saturated heterocycles. The number of oxazole rings is 1. The van der Waals surface area contributed by atoms with Crippen LogP contribution in [0.3, 0.4) is 0 Å². The maximum absolute atomic E-state index is 5.72. The molecule has 0 atom stereocenters. The van der Waals surface area contributed by atoms with Gasteiger partial charge in [-0.15, -0.1) is 0 Å². The number of hydrogen-bond donors (Lipinski definition) is 2. The van der Waals surface area contributed by atoms with E-state index in [-0.39, 0.29) is 0 Å². The minimum atomic E-state index is 0.565. The minimum absolute atomic E-state index is 0.565. The second-order valence-electron chi connectivity index (χ2n) is 6.26. The van der Waals surface area contributed by atoms with Crippen LogP contribution in [-0.2, 0) is 6.42 Å². The molecular formula is C19H31N3O. The summed E-state index contributed by atoms with van der Waals surface area (Å²) in [5, 5.41) is 3.08. The average molecular weight is 317 g/mol. The third-order valence-corrected chi connectivity index (χ3v) is 4.19. The van der Waals surface area contributed by atoms with Gasteiger partial charge in [0.15, 0.2) is 5.58 Å². The van der Waals surface area contributed by atoms with Crippen molar-refractivity contribution in [1.82, 2.24) is 4.98 Å². The van der Waals surface area contributed by atoms with Crippen molar-refractivity contribution in [3.05, 3.63) is 23.8 Å². The van der Waals surface area contributed by atoms with Crippen LogP contribution in [0.2, 0.25) is 0 Å². The molecule has 128 valence electrons. The lowest BCUT2D eigenvalue weighted by Gasteiger charge is -2.02. The Kier molecular flexibility index (Phi) is 7.95. The smallest absolute Gasteiger partial charge is 0.295 e. The largest absolute Gasteiger partial charge is 0.424 e. The molecule has 2 rings (SSSR count). The fourth-order valence-corrected chi connectivity index (χ4v) is 2.84. The Morgan fingerprint density at radius 3 is 2.52 bits per heavy atom. The van der Waals surface area contributed by atoms with Crippen LogP contribution in [0.1, 0.15) is 63.9 Å². The quantitative estimate of drug-likeness (QED) is 0.547. The average Bonchev–Trinajstić information content (AvgIpc) is 2.97. The van der Waals surface area contributed by atoms with Gasteiger partial charge in [0.05, 0.1) is 0 Å². The summed E-state index contributed by atoms with van der Waals surface area (Å²) in [5.41, 5.74) is 8.58. The Morgan fingerprint density at radius 2 is 1.78 bits per heavy atom. The van der Waals surface area contributed by atoms with Crippen LogP contribution >= 0.6 is 0 Å². The number of nitrogens with one attached hydrogen (secondary N) is 1. The number of aromatic nitrogens is 1. The molecule has 0 spiro atoms. The highest BCUT2D eigenvalue weighted by molar-refractivity contribution is 5.75. The lowest BCUT2D eigenvalue weighted by Crippen LogP contribution is -2.13. The second-order valence-corrected chi connectivity index (χ2v) is 6.26. The molecule has 0 aliphatic heterocycles. The van der Waals surface area contributed by atoms with E-state index in [0.29, 0.717) is 19.1 Å². The van der Waals surface area contributed by atoms with Crippen molar-refractivity contribution < 1.29 is 4.42 Å². The maximum atomic E-state index is 5.72. The summed E-state index contributed by atoms with van der Waals surface area (Å²) in [4.78, 5) is 4.40. The molecule has 1 aromatic carbocycles. The minimum Gasteiger partial charge on any atom is -0.424 e. The summed E-state index contributed by atoms with van der Waals surface area (Å²) in [6.45, 7) is 3.52. The summed E-state index contributed by atoms with van der Waals surface area (Å²) in [6.07, 6.45) is 12.0. The molecule has 0 radical (unpaired) electrons. The fourth-order valence-electron chi connectivity index (χ4n) is 2.84. The molecule has 3 N–H and O–H groups in total. The lowest BCUT2D eigenvalue weighted by atomic mass is 10.0. The van der Waals surface area contributed by atoms with Gasteiger partial charge in [-0.1, -0.05) is 57.9 Å². The van der Waals surface area contributed by atoms with Gasteiger partial charge in [-0.05, 0) is 30.5 Å². The van der Waals surface area contributed by atoms with Gasteiger partial charge in [-0.2, -0.15) is 4.98 Å². The van der Waals surface area contributed by atoms with Gasteiger partial charge in [0, 0.05) is 13.1 Å². The molecule has 2 aromatic rings. The lowest BCUT2D eigenvalue weighted by molar-refractivity contribution is 0.575. The zero-order valence-electron chi connectivity index (χ0n) is 14.4. The predicted octanol–water partition coefficient (Wildman–Crippen LogP) is 4.88. The highest BCUT2D eigenvalue weighted by Gasteiger charge is 2.05. The zero-order valence-corrected chi connectivity index (χ0v) is 14.4. The first-order valence-electron chi connectivity index (χ1n) is 9.17. The molecule has 0 aliphatic carbocycles. The van der Waals surface area contributed by atoms with Crippen molar-refractivity contribution in [2.75, 3.05) is 18.4 Å². The summed E-state index contributed by atoms with van der Waals surface area (Å²) >= 11 is 0. The Morgan fingerprint density at radius 1 is 1.04 bits per heavy atom. The van der Waals surface area contributed by atoms with Crippen LogP contribution in [0.5, 0.6) is 0 Å². The number of anilines is 1. The molecule has 4 nitrogen and oxygen atoms in total. The number of aryl methyl sites for hydroxylation is 1. The number of benzene rings is 1. The Balaban J connectivity index is 1.71. The zero-order chi connectivity index (χ0) is 16.3. The van der Waals surface area contributed by atoms with E-state index in [0.717, 1.165) is 17.5 Å². The normalized spacial score (nSPS) is 11.2. The number of rotatable bonds is 12. The van der Waals surface area contributed by atoms with E-state index < -0.39 is 0 Å². The number of nitrogens with zero attached hydrogens (tertiary/aromatic N) is 1. The number of fused-ring (bicyclic) bond motifs is 1. The standard InChI is InChI=1S/C19H31N3O/c1-2-3-4-5-6-7-8-9-10-16-11-12-17-18(15-16)23-19(22-17)21-14-13-20/h11-12,15H,2-10,13-14,20H2,1H3,(H,21,22). The molecule has 0 aliphatic rings. The van der Waals surface area contributed by atoms with Gasteiger partial charge < -0.3 is 15.5 Å². The van der Waals surface area contributed by atoms with Gasteiger partial charge in [-0.3, -0.25) is 0 Å². The summed E-state index contributed by atoms with van der Waals surface area (Å²) < 4.78 is 5.72. The number of unbranched alkanes of at least 4 members (excludes halogenated alkanes) is 7. The highest BCUT2D eigenvalue weighted by Crippen LogP contribution is 2.21. The van der Waals surface area contributed by atoms with Crippen molar-refractivity contribution in [3.8, 4) is 0 Å². The maximum Gasteiger partial charge on any atom is 0.295 e. The van der Waals surface area contributed by atoms with E-state index in [1.165, 1.54) is 56.9 Å².